The van der Waals surface area contributed by atoms with Gasteiger partial charge in [-0.05, 0) is 18.9 Å². The van der Waals surface area contributed by atoms with Gasteiger partial charge >= 0.3 is 0 Å². The number of amides is 1. The first-order valence-electron chi connectivity index (χ1n) is 6.35. The number of fused-ring (bicyclic) bond motifs is 2. The molecule has 0 radical (unpaired) electrons. The summed E-state index contributed by atoms with van der Waals surface area (Å²) in [5, 5.41) is 0. The molecule has 0 aromatic carbocycles. The number of nitrogens with two attached hydrogens (primary N) is 1. The van der Waals surface area contributed by atoms with Crippen molar-refractivity contribution < 1.29 is 9.53 Å². The van der Waals surface area contributed by atoms with Crippen molar-refractivity contribution >= 4 is 11.7 Å². The molecule has 0 bridgehead atoms. The van der Waals surface area contributed by atoms with Gasteiger partial charge in [-0.15, -0.1) is 0 Å². The van der Waals surface area contributed by atoms with E-state index < -0.39 is 5.91 Å². The van der Waals surface area contributed by atoms with Crippen LogP contribution in [0.2, 0.25) is 0 Å². The van der Waals surface area contributed by atoms with Crippen molar-refractivity contribution in [2.75, 3.05) is 13.2 Å². The topological polar surface area (TPSA) is 67.9 Å². The third-order valence-electron chi connectivity index (χ3n) is 3.96. The van der Waals surface area contributed by atoms with Crippen LogP contribution in [0.4, 0.5) is 0 Å². The maximum absolute atomic E-state index is 11.3. The van der Waals surface area contributed by atoms with Gasteiger partial charge in [-0.3, -0.25) is 4.79 Å². The first-order valence-corrected chi connectivity index (χ1v) is 6.35. The quantitative estimate of drug-likeness (QED) is 0.755. The van der Waals surface area contributed by atoms with Gasteiger partial charge in [-0.2, -0.15) is 0 Å². The molecular formula is C13H17N3O2. The van der Waals surface area contributed by atoms with Gasteiger partial charge in [0.15, 0.2) is 0 Å². The molecule has 18 heavy (non-hydrogen) atoms. The smallest absolute Gasteiger partial charge is 0.267 e. The molecule has 1 amide bonds. The molecule has 1 saturated carbocycles. The molecule has 0 saturated heterocycles. The number of amidine groups is 1. The summed E-state index contributed by atoms with van der Waals surface area (Å²) in [4.78, 5) is 17.9. The molecule has 1 spiro atoms. The van der Waals surface area contributed by atoms with Crippen molar-refractivity contribution in [1.29, 1.82) is 0 Å². The van der Waals surface area contributed by atoms with Gasteiger partial charge in [-0.25, -0.2) is 4.99 Å². The van der Waals surface area contributed by atoms with Gasteiger partial charge in [0, 0.05) is 12.7 Å². The Morgan fingerprint density at radius 2 is 2.22 bits per heavy atom. The molecule has 3 rings (SSSR count). The summed E-state index contributed by atoms with van der Waals surface area (Å²) in [6, 6.07) is 0. The summed E-state index contributed by atoms with van der Waals surface area (Å²) in [7, 11) is 0. The molecule has 0 aromatic heterocycles. The number of hydrogen-bond acceptors (Lipinski definition) is 4. The molecule has 96 valence electrons. The molecule has 2 N–H and O–H groups in total. The lowest BCUT2D eigenvalue weighted by molar-refractivity contribution is -0.114. The van der Waals surface area contributed by atoms with E-state index in [0.717, 1.165) is 18.7 Å². The number of carbonyl (C=O) groups is 1. The van der Waals surface area contributed by atoms with Gasteiger partial charge in [-0.1, -0.05) is 12.8 Å². The number of carbonyl (C=O) groups excluding carboxylic acids is 1. The lowest BCUT2D eigenvalue weighted by Gasteiger charge is -2.35. The van der Waals surface area contributed by atoms with E-state index in [2.05, 4.69) is 9.89 Å². The number of primary amides is 1. The van der Waals surface area contributed by atoms with E-state index >= 15 is 0 Å². The van der Waals surface area contributed by atoms with E-state index in [0.29, 0.717) is 18.8 Å². The van der Waals surface area contributed by atoms with E-state index in [1.807, 2.05) is 6.20 Å². The molecule has 3 aliphatic rings. The molecular weight excluding hydrogens is 230 g/mol. The highest BCUT2D eigenvalue weighted by Gasteiger charge is 2.43. The summed E-state index contributed by atoms with van der Waals surface area (Å²) >= 11 is 0. The highest BCUT2D eigenvalue weighted by atomic mass is 16.5. The molecule has 0 unspecified atom stereocenters. The minimum atomic E-state index is -0.454. The zero-order valence-corrected chi connectivity index (χ0v) is 10.3. The fourth-order valence-corrected chi connectivity index (χ4v) is 3.01. The monoisotopic (exact) mass is 247 g/mol. The highest BCUT2D eigenvalue weighted by molar-refractivity contribution is 5.99. The summed E-state index contributed by atoms with van der Waals surface area (Å²) in [6.45, 7) is 1.28. The molecule has 0 aromatic rings. The van der Waals surface area contributed by atoms with E-state index in [-0.39, 0.29) is 5.41 Å². The average molecular weight is 247 g/mol. The van der Waals surface area contributed by atoms with Gasteiger partial charge in [0.2, 0.25) is 0 Å². The normalized spacial score (nSPS) is 25.0. The second-order valence-electron chi connectivity index (χ2n) is 5.12. The van der Waals surface area contributed by atoms with Crippen LogP contribution in [0.5, 0.6) is 0 Å². The molecule has 5 heteroatoms. The number of rotatable bonds is 1. The third-order valence-corrected chi connectivity index (χ3v) is 3.96. The van der Waals surface area contributed by atoms with E-state index in [4.69, 9.17) is 10.5 Å². The maximum Gasteiger partial charge on any atom is 0.267 e. The molecule has 2 heterocycles. The fraction of sp³-hybridized carbons (Fsp3) is 0.538. The lowest BCUT2D eigenvalue weighted by Crippen LogP contribution is -2.43. The van der Waals surface area contributed by atoms with Gasteiger partial charge in [0.1, 0.15) is 18.1 Å². The Morgan fingerprint density at radius 3 is 2.94 bits per heavy atom. The first-order chi connectivity index (χ1) is 8.71. The van der Waals surface area contributed by atoms with Crippen LogP contribution in [0.1, 0.15) is 25.7 Å². The zero-order chi connectivity index (χ0) is 12.6. The molecule has 1 fully saturated rings. The Labute approximate surface area is 106 Å². The second-order valence-corrected chi connectivity index (χ2v) is 5.12. The van der Waals surface area contributed by atoms with Crippen LogP contribution in [0.25, 0.3) is 0 Å². The summed E-state index contributed by atoms with van der Waals surface area (Å²) in [5.41, 5.74) is 5.67. The predicted molar refractivity (Wildman–Crippen MR) is 67.4 cm³/mol. The zero-order valence-electron chi connectivity index (χ0n) is 10.3. The predicted octanol–water partition coefficient (Wildman–Crippen LogP) is 1.13. The molecule has 1 aliphatic carbocycles. The minimum absolute atomic E-state index is 0.0432. The molecule has 5 nitrogen and oxygen atoms in total. The van der Waals surface area contributed by atoms with E-state index in [1.54, 1.807) is 12.3 Å². The number of ether oxygens (including phenoxy) is 1. The minimum Gasteiger partial charge on any atom is -0.499 e. The van der Waals surface area contributed by atoms with Crippen molar-refractivity contribution in [2.24, 2.45) is 16.1 Å². The van der Waals surface area contributed by atoms with Crippen molar-refractivity contribution in [3.8, 4) is 0 Å². The lowest BCUT2D eigenvalue weighted by atomic mass is 9.84. The average Bonchev–Trinajstić information content (AvgIpc) is 2.76. The van der Waals surface area contributed by atoms with Crippen LogP contribution < -0.4 is 5.73 Å². The largest absolute Gasteiger partial charge is 0.499 e. The number of hydrogen-bond donors (Lipinski definition) is 1. The maximum atomic E-state index is 11.3. The van der Waals surface area contributed by atoms with Gasteiger partial charge in [0.25, 0.3) is 5.91 Å². The Balaban J connectivity index is 2.02. The van der Waals surface area contributed by atoms with E-state index in [1.165, 1.54) is 12.8 Å². The van der Waals surface area contributed by atoms with Gasteiger partial charge < -0.3 is 15.4 Å². The standard InChI is InChI=1S/C13H17N3O2/c14-11(17)10-3-6-16-7-8-18-9-13(12(16)15-10)4-1-2-5-13/h3,7-8H,1-2,4-6,9H2,(H2,14,17). The van der Waals surface area contributed by atoms with Crippen LogP contribution in [0.15, 0.2) is 29.2 Å². The van der Waals surface area contributed by atoms with Crippen LogP contribution >= 0.6 is 0 Å². The van der Waals surface area contributed by atoms with Crippen molar-refractivity contribution in [3.05, 3.63) is 24.2 Å². The summed E-state index contributed by atoms with van der Waals surface area (Å²) in [6.07, 6.45) is 9.87. The van der Waals surface area contributed by atoms with Crippen LogP contribution in [0, 0.1) is 5.41 Å². The molecule has 0 atom stereocenters. The van der Waals surface area contributed by atoms with Crippen LogP contribution in [-0.2, 0) is 9.53 Å². The van der Waals surface area contributed by atoms with Crippen LogP contribution in [-0.4, -0.2) is 29.8 Å². The number of nitrogens with zero attached hydrogens (tertiary/aromatic N) is 2. The Morgan fingerprint density at radius 1 is 1.44 bits per heavy atom. The van der Waals surface area contributed by atoms with Crippen molar-refractivity contribution in [3.63, 3.8) is 0 Å². The highest BCUT2D eigenvalue weighted by Crippen LogP contribution is 2.42. The van der Waals surface area contributed by atoms with Gasteiger partial charge in [0.05, 0.1) is 11.7 Å². The fourth-order valence-electron chi connectivity index (χ4n) is 3.01. The summed E-state index contributed by atoms with van der Waals surface area (Å²) < 4.78 is 5.58. The van der Waals surface area contributed by atoms with Crippen molar-refractivity contribution in [1.82, 2.24) is 4.90 Å². The Kier molecular flexibility index (Phi) is 2.61. The number of aliphatic imine (C=N–C) groups is 1. The van der Waals surface area contributed by atoms with Crippen LogP contribution in [0.3, 0.4) is 0 Å². The summed E-state index contributed by atoms with van der Waals surface area (Å²) in [5.74, 6) is 0.495. The second kappa shape index (κ2) is 4.15. The van der Waals surface area contributed by atoms with E-state index in [9.17, 15) is 4.79 Å². The third kappa shape index (κ3) is 1.70. The van der Waals surface area contributed by atoms with Crippen molar-refractivity contribution in [2.45, 2.75) is 25.7 Å². The first kappa shape index (κ1) is 11.3. The Bertz CT molecular complexity index is 459. The Hall–Kier alpha value is -1.78. The molecule has 2 aliphatic heterocycles. The SMILES string of the molecule is NC(=O)C1=CCN2C=COCC3(CCCC3)C2=N1.